The van der Waals surface area contributed by atoms with Crippen molar-refractivity contribution in [3.05, 3.63) is 66.1 Å². The van der Waals surface area contributed by atoms with E-state index >= 15 is 8.78 Å². The van der Waals surface area contributed by atoms with E-state index in [9.17, 15) is 4.39 Å². The highest BCUT2D eigenvalue weighted by molar-refractivity contribution is 5.86. The molecule has 2 aromatic heterocycles. The Kier molecular flexibility index (Phi) is 6.33. The summed E-state index contributed by atoms with van der Waals surface area (Å²) in [5, 5.41) is 4.56. The topological polar surface area (TPSA) is 50.3 Å². The summed E-state index contributed by atoms with van der Waals surface area (Å²) in [6.07, 6.45) is 4.97. The Balaban J connectivity index is 1.23. The number of anilines is 1. The fraction of sp³-hybridized carbons (Fsp3) is 0.500. The molecule has 1 aromatic carbocycles. The molecule has 4 heterocycles. The van der Waals surface area contributed by atoms with E-state index in [0.29, 0.717) is 48.8 Å². The van der Waals surface area contributed by atoms with Crippen molar-refractivity contribution in [3.8, 4) is 0 Å². The Bertz CT molecular complexity index is 1210. The van der Waals surface area contributed by atoms with Crippen LogP contribution in [0.1, 0.15) is 48.8 Å². The Hall–Kier alpha value is -2.71. The lowest BCUT2D eigenvalue weighted by Crippen LogP contribution is -2.55. The van der Waals surface area contributed by atoms with Gasteiger partial charge >= 0.3 is 0 Å². The van der Waals surface area contributed by atoms with Gasteiger partial charge in [-0.25, -0.2) is 18.2 Å². The number of nitrogens with one attached hydrogen (secondary N) is 1. The number of aromatic nitrogens is 2. The van der Waals surface area contributed by atoms with Crippen LogP contribution in [0.5, 0.6) is 0 Å². The number of alkyl halides is 3. The standard InChI is InChI=1S/C28H31F3N4O/c29-23-16-36-13-10-24(23)34-26-14-21-19(15-33-26)8-11-32-27(21)22-9-12-35(17-28(22,30)31)25-7-6-20(25)18-4-2-1-3-5-18/h1-5,8,11,14-15,20,22-25H,6-7,9-10,12-13,16-17H2,(H,33,34)/t20-,22+,23-,24-,25-/m1/s1. The summed E-state index contributed by atoms with van der Waals surface area (Å²) in [7, 11) is 0. The average molecular weight is 497 g/mol. The third-order valence-electron chi connectivity index (χ3n) is 8.19. The normalized spacial score (nSPS) is 30.6. The SMILES string of the molecule is F[C@@H]1COCC[C@H]1Nc1cc2c([C@@H]3CCN([C@@H]4CC[C@@H]4c4ccccc4)CC3(F)F)nccc2cn1. The highest BCUT2D eigenvalue weighted by Crippen LogP contribution is 2.47. The van der Waals surface area contributed by atoms with Crippen LogP contribution in [-0.2, 0) is 4.74 Å². The number of benzene rings is 1. The summed E-state index contributed by atoms with van der Waals surface area (Å²) < 4.78 is 50.9. The van der Waals surface area contributed by atoms with Gasteiger partial charge in [-0.3, -0.25) is 9.88 Å². The first-order valence-electron chi connectivity index (χ1n) is 12.9. The van der Waals surface area contributed by atoms with Gasteiger partial charge < -0.3 is 10.1 Å². The van der Waals surface area contributed by atoms with E-state index < -0.39 is 24.1 Å². The molecular weight excluding hydrogens is 465 g/mol. The predicted octanol–water partition coefficient (Wildman–Crippen LogP) is 5.54. The lowest BCUT2D eigenvalue weighted by atomic mass is 9.73. The van der Waals surface area contributed by atoms with Crippen LogP contribution in [0.4, 0.5) is 19.0 Å². The maximum atomic E-state index is 15.7. The average Bonchev–Trinajstić information content (AvgIpc) is 2.85. The van der Waals surface area contributed by atoms with Crippen LogP contribution >= 0.6 is 0 Å². The molecule has 2 aliphatic heterocycles. The molecule has 5 nitrogen and oxygen atoms in total. The van der Waals surface area contributed by atoms with Crippen LogP contribution in [0, 0.1) is 0 Å². The minimum Gasteiger partial charge on any atom is -0.378 e. The lowest BCUT2D eigenvalue weighted by Gasteiger charge is -2.49. The zero-order valence-electron chi connectivity index (χ0n) is 20.1. The second kappa shape index (κ2) is 9.63. The number of hydrogen-bond donors (Lipinski definition) is 1. The molecule has 3 aromatic rings. The van der Waals surface area contributed by atoms with E-state index in [1.165, 1.54) is 5.56 Å². The number of ether oxygens (including phenoxy) is 1. The van der Waals surface area contributed by atoms with Gasteiger partial charge in [0.25, 0.3) is 5.92 Å². The van der Waals surface area contributed by atoms with Gasteiger partial charge in [0.2, 0.25) is 0 Å². The second-order valence-electron chi connectivity index (χ2n) is 10.4. The summed E-state index contributed by atoms with van der Waals surface area (Å²) in [6.45, 7) is 0.893. The van der Waals surface area contributed by atoms with Crippen molar-refractivity contribution in [2.45, 2.75) is 61.7 Å². The van der Waals surface area contributed by atoms with Gasteiger partial charge in [0.05, 0.1) is 30.8 Å². The fourth-order valence-electron chi connectivity index (χ4n) is 6.09. The quantitative estimate of drug-likeness (QED) is 0.503. The molecule has 8 heteroatoms. The number of pyridine rings is 2. The van der Waals surface area contributed by atoms with E-state index in [1.54, 1.807) is 24.5 Å². The predicted molar refractivity (Wildman–Crippen MR) is 133 cm³/mol. The van der Waals surface area contributed by atoms with Crippen molar-refractivity contribution in [1.82, 2.24) is 14.9 Å². The Morgan fingerprint density at radius 1 is 1.03 bits per heavy atom. The van der Waals surface area contributed by atoms with Gasteiger partial charge in [-0.15, -0.1) is 0 Å². The molecule has 6 rings (SSSR count). The van der Waals surface area contributed by atoms with Crippen LogP contribution in [0.15, 0.2) is 54.9 Å². The van der Waals surface area contributed by atoms with Crippen LogP contribution in [-0.4, -0.2) is 65.3 Å². The maximum Gasteiger partial charge on any atom is 0.268 e. The number of likely N-dealkylation sites (tertiary alicyclic amines) is 1. The first-order chi connectivity index (χ1) is 17.5. The zero-order chi connectivity index (χ0) is 24.7. The smallest absolute Gasteiger partial charge is 0.268 e. The third-order valence-corrected chi connectivity index (χ3v) is 8.19. The van der Waals surface area contributed by atoms with E-state index in [0.717, 1.165) is 18.2 Å². The molecule has 0 spiro atoms. The molecule has 0 unspecified atom stereocenters. The summed E-state index contributed by atoms with van der Waals surface area (Å²) in [4.78, 5) is 10.8. The molecule has 36 heavy (non-hydrogen) atoms. The van der Waals surface area contributed by atoms with Gasteiger partial charge in [-0.05, 0) is 55.8 Å². The monoisotopic (exact) mass is 496 g/mol. The van der Waals surface area contributed by atoms with E-state index in [-0.39, 0.29) is 19.2 Å². The summed E-state index contributed by atoms with van der Waals surface area (Å²) in [6, 6.07) is 13.5. The van der Waals surface area contributed by atoms with Crippen molar-refractivity contribution < 1.29 is 17.9 Å². The van der Waals surface area contributed by atoms with Gasteiger partial charge in [-0.2, -0.15) is 0 Å². The number of hydrogen-bond acceptors (Lipinski definition) is 5. The molecule has 1 N–H and O–H groups in total. The van der Waals surface area contributed by atoms with E-state index in [1.807, 2.05) is 23.1 Å². The molecule has 0 amide bonds. The molecule has 2 saturated heterocycles. The molecule has 0 radical (unpaired) electrons. The van der Waals surface area contributed by atoms with Crippen molar-refractivity contribution in [3.63, 3.8) is 0 Å². The summed E-state index contributed by atoms with van der Waals surface area (Å²) in [5.41, 5.74) is 1.64. The van der Waals surface area contributed by atoms with Crippen LogP contribution in [0.3, 0.4) is 0 Å². The molecular formula is C28H31F3N4O. The molecule has 0 bridgehead atoms. The Morgan fingerprint density at radius 3 is 2.64 bits per heavy atom. The number of fused-ring (bicyclic) bond motifs is 1. The van der Waals surface area contributed by atoms with Crippen LogP contribution < -0.4 is 5.32 Å². The van der Waals surface area contributed by atoms with Crippen LogP contribution in [0.25, 0.3) is 10.8 Å². The summed E-state index contributed by atoms with van der Waals surface area (Å²) >= 11 is 0. The molecule has 1 aliphatic carbocycles. The van der Waals surface area contributed by atoms with Gasteiger partial charge in [0.15, 0.2) is 0 Å². The van der Waals surface area contributed by atoms with Gasteiger partial charge in [0.1, 0.15) is 12.0 Å². The third kappa shape index (κ3) is 4.45. The minimum absolute atomic E-state index is 0.0506. The van der Waals surface area contributed by atoms with Gasteiger partial charge in [0, 0.05) is 35.8 Å². The maximum absolute atomic E-state index is 15.7. The number of nitrogens with zero attached hydrogens (tertiary/aromatic N) is 3. The largest absolute Gasteiger partial charge is 0.378 e. The van der Waals surface area contributed by atoms with Gasteiger partial charge in [-0.1, -0.05) is 30.3 Å². The fourth-order valence-corrected chi connectivity index (χ4v) is 6.09. The molecule has 5 atom stereocenters. The van der Waals surface area contributed by atoms with Crippen molar-refractivity contribution in [1.29, 1.82) is 0 Å². The van der Waals surface area contributed by atoms with Crippen LogP contribution in [0.2, 0.25) is 0 Å². The highest BCUT2D eigenvalue weighted by atomic mass is 19.3. The second-order valence-corrected chi connectivity index (χ2v) is 10.4. The van der Waals surface area contributed by atoms with Crippen molar-refractivity contribution in [2.24, 2.45) is 0 Å². The zero-order valence-corrected chi connectivity index (χ0v) is 20.1. The number of piperidine rings is 1. The van der Waals surface area contributed by atoms with E-state index in [4.69, 9.17) is 4.74 Å². The van der Waals surface area contributed by atoms with E-state index in [2.05, 4.69) is 27.4 Å². The molecule has 3 fully saturated rings. The van der Waals surface area contributed by atoms with Crippen molar-refractivity contribution >= 4 is 16.6 Å². The molecule has 3 aliphatic rings. The van der Waals surface area contributed by atoms with Crippen molar-refractivity contribution in [2.75, 3.05) is 31.6 Å². The minimum atomic E-state index is -2.90. The lowest BCUT2D eigenvalue weighted by molar-refractivity contribution is -0.104. The number of halogens is 3. The molecule has 1 saturated carbocycles. The first-order valence-corrected chi connectivity index (χ1v) is 12.9. The Labute approximate surface area is 209 Å². The highest BCUT2D eigenvalue weighted by Gasteiger charge is 2.50. The number of rotatable bonds is 5. The first kappa shape index (κ1) is 23.7. The summed E-state index contributed by atoms with van der Waals surface area (Å²) in [5.74, 6) is -3.08. The Morgan fingerprint density at radius 2 is 1.89 bits per heavy atom. The molecule has 190 valence electrons.